The van der Waals surface area contributed by atoms with E-state index < -0.39 is 11.9 Å². The second-order valence-corrected chi connectivity index (χ2v) is 6.50. The standard InChI is InChI=1S/C15H23NO4/c1-2-9-5-12(13(6-9)15(18)19)14(17)16-7-10-3-4-11(8-16)20-10/h9-13H,2-8H2,1H3,(H,18,19). The number of rotatable bonds is 3. The maximum Gasteiger partial charge on any atom is 0.307 e. The van der Waals surface area contributed by atoms with Crippen LogP contribution in [0.25, 0.3) is 0 Å². The van der Waals surface area contributed by atoms with Crippen molar-refractivity contribution in [2.75, 3.05) is 13.1 Å². The third-order valence-corrected chi connectivity index (χ3v) is 5.23. The summed E-state index contributed by atoms with van der Waals surface area (Å²) in [6.07, 6.45) is 4.74. The Hall–Kier alpha value is -1.10. The van der Waals surface area contributed by atoms with Crippen LogP contribution >= 0.6 is 0 Å². The van der Waals surface area contributed by atoms with E-state index in [4.69, 9.17) is 4.74 Å². The zero-order valence-electron chi connectivity index (χ0n) is 12.0. The lowest BCUT2D eigenvalue weighted by atomic mass is 9.94. The highest BCUT2D eigenvalue weighted by Gasteiger charge is 2.45. The van der Waals surface area contributed by atoms with Crippen LogP contribution in [0.15, 0.2) is 0 Å². The molecular weight excluding hydrogens is 258 g/mol. The number of morpholine rings is 1. The van der Waals surface area contributed by atoms with Gasteiger partial charge >= 0.3 is 5.97 Å². The van der Waals surface area contributed by atoms with Gasteiger partial charge in [0.05, 0.1) is 24.0 Å². The molecule has 0 aromatic carbocycles. The van der Waals surface area contributed by atoms with Gasteiger partial charge in [0.25, 0.3) is 0 Å². The largest absolute Gasteiger partial charge is 0.481 e. The van der Waals surface area contributed by atoms with E-state index in [2.05, 4.69) is 6.92 Å². The first-order valence-electron chi connectivity index (χ1n) is 7.75. The Balaban J connectivity index is 1.70. The molecule has 5 unspecified atom stereocenters. The van der Waals surface area contributed by atoms with Gasteiger partial charge in [0.1, 0.15) is 0 Å². The van der Waals surface area contributed by atoms with Crippen molar-refractivity contribution in [1.82, 2.24) is 4.90 Å². The van der Waals surface area contributed by atoms with E-state index in [-0.39, 0.29) is 24.0 Å². The summed E-state index contributed by atoms with van der Waals surface area (Å²) in [5.74, 6) is -1.20. The van der Waals surface area contributed by atoms with Crippen molar-refractivity contribution in [2.45, 2.75) is 51.2 Å². The molecule has 0 aromatic heterocycles. The monoisotopic (exact) mass is 281 g/mol. The van der Waals surface area contributed by atoms with Crippen LogP contribution in [0.1, 0.15) is 39.0 Å². The number of amides is 1. The van der Waals surface area contributed by atoms with Gasteiger partial charge in [0.15, 0.2) is 0 Å². The molecule has 20 heavy (non-hydrogen) atoms. The lowest BCUT2D eigenvalue weighted by Crippen LogP contribution is -2.49. The first-order chi connectivity index (χ1) is 9.58. The number of fused-ring (bicyclic) bond motifs is 2. The van der Waals surface area contributed by atoms with Gasteiger partial charge in [-0.15, -0.1) is 0 Å². The Morgan fingerprint density at radius 1 is 1.15 bits per heavy atom. The number of carbonyl (C=O) groups excluding carboxylic acids is 1. The molecule has 0 radical (unpaired) electrons. The fourth-order valence-corrected chi connectivity index (χ4v) is 4.05. The van der Waals surface area contributed by atoms with Crippen molar-refractivity contribution in [2.24, 2.45) is 17.8 Å². The summed E-state index contributed by atoms with van der Waals surface area (Å²) in [5, 5.41) is 9.37. The molecule has 5 atom stereocenters. The molecule has 2 aliphatic heterocycles. The molecule has 112 valence electrons. The van der Waals surface area contributed by atoms with Gasteiger partial charge in [-0.25, -0.2) is 0 Å². The number of carbonyl (C=O) groups is 2. The maximum absolute atomic E-state index is 12.7. The highest BCUT2D eigenvalue weighted by Crippen LogP contribution is 2.40. The van der Waals surface area contributed by atoms with Gasteiger partial charge in [-0.3, -0.25) is 9.59 Å². The van der Waals surface area contributed by atoms with E-state index in [1.165, 1.54) is 0 Å². The summed E-state index contributed by atoms with van der Waals surface area (Å²) in [7, 11) is 0. The molecule has 3 fully saturated rings. The molecule has 0 spiro atoms. The smallest absolute Gasteiger partial charge is 0.307 e. The van der Waals surface area contributed by atoms with Crippen LogP contribution < -0.4 is 0 Å². The molecule has 5 heteroatoms. The minimum absolute atomic E-state index is 0.0496. The molecule has 2 heterocycles. The fraction of sp³-hybridized carbons (Fsp3) is 0.867. The summed E-state index contributed by atoms with van der Waals surface area (Å²) >= 11 is 0. The van der Waals surface area contributed by atoms with Crippen molar-refractivity contribution in [3.8, 4) is 0 Å². The van der Waals surface area contributed by atoms with E-state index in [0.29, 0.717) is 25.4 Å². The fourth-order valence-electron chi connectivity index (χ4n) is 4.05. The van der Waals surface area contributed by atoms with Crippen molar-refractivity contribution in [3.63, 3.8) is 0 Å². The third-order valence-electron chi connectivity index (χ3n) is 5.23. The Labute approximate surface area is 119 Å². The van der Waals surface area contributed by atoms with Crippen molar-refractivity contribution < 1.29 is 19.4 Å². The highest BCUT2D eigenvalue weighted by atomic mass is 16.5. The minimum Gasteiger partial charge on any atom is -0.481 e. The van der Waals surface area contributed by atoms with Gasteiger partial charge in [-0.05, 0) is 31.6 Å². The number of carboxylic acid groups (broad SMARTS) is 1. The van der Waals surface area contributed by atoms with E-state index in [0.717, 1.165) is 25.7 Å². The van der Waals surface area contributed by atoms with Crippen LogP contribution in [-0.2, 0) is 14.3 Å². The molecule has 1 amide bonds. The zero-order valence-corrected chi connectivity index (χ0v) is 12.0. The second kappa shape index (κ2) is 5.35. The summed E-state index contributed by atoms with van der Waals surface area (Å²) < 4.78 is 5.75. The Morgan fingerprint density at radius 2 is 1.75 bits per heavy atom. The van der Waals surface area contributed by atoms with E-state index >= 15 is 0 Å². The Morgan fingerprint density at radius 3 is 2.30 bits per heavy atom. The molecule has 3 aliphatic rings. The van der Waals surface area contributed by atoms with Crippen LogP contribution in [0.5, 0.6) is 0 Å². The Bertz CT molecular complexity index is 399. The van der Waals surface area contributed by atoms with Crippen LogP contribution in [-0.4, -0.2) is 47.2 Å². The number of aliphatic carboxylic acids is 1. The van der Waals surface area contributed by atoms with E-state index in [1.54, 1.807) is 0 Å². The van der Waals surface area contributed by atoms with Crippen molar-refractivity contribution >= 4 is 11.9 Å². The number of hydrogen-bond donors (Lipinski definition) is 1. The number of likely N-dealkylation sites (tertiary alicyclic amines) is 1. The molecule has 1 saturated carbocycles. The van der Waals surface area contributed by atoms with Gasteiger partial charge in [-0.2, -0.15) is 0 Å². The average Bonchev–Trinajstić information content (AvgIpc) is 3.01. The minimum atomic E-state index is -0.810. The van der Waals surface area contributed by atoms with Gasteiger partial charge in [-0.1, -0.05) is 13.3 Å². The Kier molecular flexibility index (Phi) is 3.71. The van der Waals surface area contributed by atoms with Gasteiger partial charge < -0.3 is 14.7 Å². The molecule has 3 rings (SSSR count). The molecule has 1 N–H and O–H groups in total. The third kappa shape index (κ3) is 2.43. The van der Waals surface area contributed by atoms with Crippen LogP contribution in [0.2, 0.25) is 0 Å². The molecule has 2 saturated heterocycles. The molecule has 2 bridgehead atoms. The highest BCUT2D eigenvalue weighted by molar-refractivity contribution is 5.85. The molecular formula is C15H23NO4. The lowest BCUT2D eigenvalue weighted by Gasteiger charge is -2.34. The summed E-state index contributed by atoms with van der Waals surface area (Å²) in [4.78, 5) is 26.0. The first kappa shape index (κ1) is 13.9. The van der Waals surface area contributed by atoms with Crippen LogP contribution in [0.3, 0.4) is 0 Å². The summed E-state index contributed by atoms with van der Waals surface area (Å²) in [6, 6.07) is 0. The predicted molar refractivity (Wildman–Crippen MR) is 72.1 cm³/mol. The first-order valence-corrected chi connectivity index (χ1v) is 7.75. The quantitative estimate of drug-likeness (QED) is 0.851. The van der Waals surface area contributed by atoms with Gasteiger partial charge in [0, 0.05) is 13.1 Å². The molecule has 0 aromatic rings. The van der Waals surface area contributed by atoms with Crippen molar-refractivity contribution in [1.29, 1.82) is 0 Å². The number of carboxylic acids is 1. The predicted octanol–water partition coefficient (Wildman–Crippen LogP) is 1.51. The lowest BCUT2D eigenvalue weighted by molar-refractivity contribution is -0.153. The SMILES string of the molecule is CCC1CC(C(=O)O)C(C(=O)N2CC3CCC(C2)O3)C1. The summed E-state index contributed by atoms with van der Waals surface area (Å²) in [5.41, 5.74) is 0. The number of hydrogen-bond acceptors (Lipinski definition) is 3. The number of ether oxygens (including phenoxy) is 1. The normalized spacial score (nSPS) is 40.0. The summed E-state index contributed by atoms with van der Waals surface area (Å²) in [6.45, 7) is 3.37. The topological polar surface area (TPSA) is 66.8 Å². The molecule has 5 nitrogen and oxygen atoms in total. The maximum atomic E-state index is 12.7. The average molecular weight is 281 g/mol. The molecule has 1 aliphatic carbocycles. The van der Waals surface area contributed by atoms with Crippen LogP contribution in [0, 0.1) is 17.8 Å². The second-order valence-electron chi connectivity index (χ2n) is 6.50. The van der Waals surface area contributed by atoms with Crippen LogP contribution in [0.4, 0.5) is 0 Å². The van der Waals surface area contributed by atoms with E-state index in [1.807, 2.05) is 4.90 Å². The van der Waals surface area contributed by atoms with E-state index in [9.17, 15) is 14.7 Å². The van der Waals surface area contributed by atoms with Gasteiger partial charge in [0.2, 0.25) is 5.91 Å². The van der Waals surface area contributed by atoms with Crippen molar-refractivity contribution in [3.05, 3.63) is 0 Å². The zero-order chi connectivity index (χ0) is 14.3. The number of nitrogens with zero attached hydrogens (tertiary/aromatic N) is 1.